The molecule has 0 saturated heterocycles. The Balaban J connectivity index is 0.000000213. The summed E-state index contributed by atoms with van der Waals surface area (Å²) in [6.45, 7) is 9.25. The van der Waals surface area contributed by atoms with Crippen molar-refractivity contribution >= 4 is 27.8 Å². The molecule has 0 nitrogen and oxygen atoms in total. The van der Waals surface area contributed by atoms with Gasteiger partial charge in [-0.1, -0.05) is 96.9 Å². The van der Waals surface area contributed by atoms with Gasteiger partial charge in [-0.25, -0.2) is 12.1 Å². The Labute approximate surface area is 202 Å². The summed E-state index contributed by atoms with van der Waals surface area (Å²) in [6, 6.07) is 38.8. The van der Waals surface area contributed by atoms with Crippen LogP contribution in [0.25, 0.3) is 0 Å². The minimum absolute atomic E-state index is 0. The molecule has 4 rings (SSSR count). The van der Waals surface area contributed by atoms with Crippen molar-refractivity contribution in [1.29, 1.82) is 0 Å². The van der Waals surface area contributed by atoms with Crippen LogP contribution in [-0.2, 0) is 27.4 Å². The Morgan fingerprint density at radius 1 is 0.613 bits per heavy atom. The molecule has 0 amide bonds. The van der Waals surface area contributed by atoms with Gasteiger partial charge in [-0.3, -0.25) is 0 Å². The standard InChI is InChI=1S/2C14H16P.Fe/c2*1-14(2,12-8-6-7-9-12)15-13-10-4-3-5-11-13;/h2*3-11,15H,1-2H3;/q-5;-1;. The van der Waals surface area contributed by atoms with Gasteiger partial charge in [0.15, 0.2) is 0 Å². The third-order valence-corrected chi connectivity index (χ3v) is 8.30. The van der Waals surface area contributed by atoms with Crippen LogP contribution in [0.2, 0.25) is 0 Å². The Hall–Kier alpha value is -1.48. The molecule has 0 fully saturated rings. The maximum absolute atomic E-state index is 2.31. The molecule has 0 spiro atoms. The number of rotatable bonds is 6. The van der Waals surface area contributed by atoms with Crippen LogP contribution in [0, 0.1) is 0 Å². The molecule has 4 aromatic rings. The van der Waals surface area contributed by atoms with E-state index >= 15 is 0 Å². The van der Waals surface area contributed by atoms with E-state index < -0.39 is 0 Å². The third-order valence-electron chi connectivity index (χ3n) is 5.23. The molecule has 0 aliphatic heterocycles. The van der Waals surface area contributed by atoms with E-state index in [0.29, 0.717) is 0 Å². The molecule has 0 N–H and O–H groups in total. The van der Waals surface area contributed by atoms with Crippen molar-refractivity contribution in [2.24, 2.45) is 0 Å². The van der Waals surface area contributed by atoms with Crippen molar-refractivity contribution in [2.75, 3.05) is 0 Å². The summed E-state index contributed by atoms with van der Waals surface area (Å²) in [4.78, 5) is 0. The molecule has 2 unspecified atom stereocenters. The molecular formula is C28H32FeP2-6. The van der Waals surface area contributed by atoms with Gasteiger partial charge < -0.3 is 29.8 Å². The van der Waals surface area contributed by atoms with E-state index in [1.807, 2.05) is 0 Å². The molecular weight excluding hydrogens is 454 g/mol. The first-order valence-electron chi connectivity index (χ1n) is 10.5. The zero-order valence-electron chi connectivity index (χ0n) is 18.7. The van der Waals surface area contributed by atoms with Crippen molar-refractivity contribution < 1.29 is 17.1 Å². The summed E-state index contributed by atoms with van der Waals surface area (Å²) in [5.41, 5.74) is 2.87. The first-order chi connectivity index (χ1) is 14.4. The third kappa shape index (κ3) is 7.86. The second-order valence-electron chi connectivity index (χ2n) is 8.58. The monoisotopic (exact) mass is 486 g/mol. The van der Waals surface area contributed by atoms with Gasteiger partial charge in [0.2, 0.25) is 0 Å². The van der Waals surface area contributed by atoms with Gasteiger partial charge in [0, 0.05) is 17.1 Å². The SMILES string of the molecule is CC(C)(Pc1ccccc1)[c-]1[cH-][cH-][cH-][cH-]1.CC(C)(Pc1ccccc1)[c-]1cccc1.[Fe]. The summed E-state index contributed by atoms with van der Waals surface area (Å²) in [7, 11) is 1.65. The van der Waals surface area contributed by atoms with E-state index in [1.165, 1.54) is 21.7 Å². The van der Waals surface area contributed by atoms with Gasteiger partial charge >= 0.3 is 0 Å². The van der Waals surface area contributed by atoms with Crippen LogP contribution in [0.15, 0.2) is 109 Å². The van der Waals surface area contributed by atoms with E-state index in [0.717, 1.165) is 17.2 Å². The molecule has 0 saturated carbocycles. The predicted molar refractivity (Wildman–Crippen MR) is 139 cm³/mol. The summed E-state index contributed by atoms with van der Waals surface area (Å²) in [5, 5.41) is 3.38. The van der Waals surface area contributed by atoms with E-state index in [4.69, 9.17) is 0 Å². The van der Waals surface area contributed by atoms with Crippen LogP contribution < -0.4 is 10.6 Å². The first-order valence-corrected chi connectivity index (χ1v) is 12.5. The largest absolute Gasteiger partial charge is 0.748 e. The first kappa shape index (κ1) is 25.8. The number of hydrogen-bond acceptors (Lipinski definition) is 0. The maximum atomic E-state index is 2.31. The molecule has 168 valence electrons. The molecule has 3 heteroatoms. The fourth-order valence-electron chi connectivity index (χ4n) is 3.49. The van der Waals surface area contributed by atoms with Crippen molar-refractivity contribution in [3.05, 3.63) is 120 Å². The molecule has 0 aliphatic rings. The zero-order valence-corrected chi connectivity index (χ0v) is 21.9. The van der Waals surface area contributed by atoms with Gasteiger partial charge in [-0.2, -0.15) is 17.3 Å². The predicted octanol–water partition coefficient (Wildman–Crippen LogP) is 7.29. The van der Waals surface area contributed by atoms with Crippen molar-refractivity contribution in [2.45, 2.75) is 38.0 Å². The van der Waals surface area contributed by atoms with Crippen LogP contribution in [-0.4, -0.2) is 0 Å². The summed E-state index contributed by atoms with van der Waals surface area (Å²) < 4.78 is 0. The van der Waals surface area contributed by atoms with E-state index in [1.54, 1.807) is 0 Å². The summed E-state index contributed by atoms with van der Waals surface area (Å²) in [6.07, 6.45) is 0. The van der Waals surface area contributed by atoms with Crippen LogP contribution in [0.5, 0.6) is 0 Å². The second kappa shape index (κ2) is 11.9. The van der Waals surface area contributed by atoms with Crippen LogP contribution in [0.1, 0.15) is 38.8 Å². The Bertz CT molecular complexity index is 886. The smallest absolute Gasteiger partial charge is 0 e. The zero-order chi connectivity index (χ0) is 21.5. The minimum atomic E-state index is 0. The average molecular weight is 486 g/mol. The minimum Gasteiger partial charge on any atom is -0.748 e. The molecule has 2 atom stereocenters. The normalized spacial score (nSPS) is 12.0. The number of hydrogen-bond donors (Lipinski definition) is 0. The van der Waals surface area contributed by atoms with Crippen molar-refractivity contribution in [3.8, 4) is 0 Å². The van der Waals surface area contributed by atoms with E-state index in [9.17, 15) is 0 Å². The average Bonchev–Trinajstić information content (AvgIpc) is 3.44. The van der Waals surface area contributed by atoms with Crippen LogP contribution in [0.3, 0.4) is 0 Å². The van der Waals surface area contributed by atoms with Gasteiger partial charge in [-0.05, 0) is 15.8 Å². The fraction of sp³-hybridized carbons (Fsp3) is 0.214. The molecule has 0 heterocycles. The molecule has 0 aliphatic carbocycles. The molecule has 0 bridgehead atoms. The second-order valence-corrected chi connectivity index (χ2v) is 12.7. The van der Waals surface area contributed by atoms with E-state index in [2.05, 4.69) is 137 Å². The fourth-order valence-corrected chi connectivity index (χ4v) is 6.27. The summed E-state index contributed by atoms with van der Waals surface area (Å²) >= 11 is 0. The van der Waals surface area contributed by atoms with Crippen molar-refractivity contribution in [3.63, 3.8) is 0 Å². The maximum Gasteiger partial charge on any atom is 0 e. The van der Waals surface area contributed by atoms with Gasteiger partial charge in [-0.15, -0.1) is 14.1 Å². The molecule has 0 radical (unpaired) electrons. The Kier molecular flexibility index (Phi) is 9.93. The van der Waals surface area contributed by atoms with Gasteiger partial charge in [0.1, 0.15) is 0 Å². The topological polar surface area (TPSA) is 0 Å². The molecule has 4 aromatic carbocycles. The molecule has 31 heavy (non-hydrogen) atoms. The summed E-state index contributed by atoms with van der Waals surface area (Å²) in [5.74, 6) is 0. The molecule has 0 aromatic heterocycles. The Morgan fingerprint density at radius 2 is 1.03 bits per heavy atom. The number of benzene rings is 2. The Morgan fingerprint density at radius 3 is 1.48 bits per heavy atom. The van der Waals surface area contributed by atoms with Crippen molar-refractivity contribution in [1.82, 2.24) is 0 Å². The van der Waals surface area contributed by atoms with E-state index in [-0.39, 0.29) is 27.4 Å². The van der Waals surface area contributed by atoms with Gasteiger partial charge in [0.05, 0.1) is 0 Å². The van der Waals surface area contributed by atoms with Crippen LogP contribution in [0.4, 0.5) is 0 Å². The van der Waals surface area contributed by atoms with Crippen LogP contribution >= 0.6 is 17.2 Å². The van der Waals surface area contributed by atoms with Gasteiger partial charge in [0.25, 0.3) is 0 Å². The quantitative estimate of drug-likeness (QED) is 0.153.